The van der Waals surface area contributed by atoms with E-state index in [1.807, 2.05) is 0 Å². The lowest BCUT2D eigenvalue weighted by Gasteiger charge is -2.19. The summed E-state index contributed by atoms with van der Waals surface area (Å²) in [5.74, 6) is -0.664. The molecule has 1 unspecified atom stereocenters. The van der Waals surface area contributed by atoms with E-state index in [-0.39, 0.29) is 18.3 Å². The molecule has 0 aliphatic heterocycles. The second-order valence-corrected chi connectivity index (χ2v) is 6.80. The van der Waals surface area contributed by atoms with E-state index in [0.717, 1.165) is 0 Å². The minimum Gasteiger partial charge on any atom is -0.387 e. The van der Waals surface area contributed by atoms with E-state index in [9.17, 15) is 14.3 Å². The molecule has 2 aromatic carbocycles. The zero-order valence-corrected chi connectivity index (χ0v) is 14.2. The number of aliphatic hydroxyl groups excluding tert-OH is 1. The summed E-state index contributed by atoms with van der Waals surface area (Å²) in [5, 5.41) is 13.7. The third-order valence-electron chi connectivity index (χ3n) is 4.35. The van der Waals surface area contributed by atoms with Crippen LogP contribution < -0.4 is 5.32 Å². The van der Waals surface area contributed by atoms with Crippen LogP contribution in [0.1, 0.15) is 30.1 Å². The first-order valence-corrected chi connectivity index (χ1v) is 8.36. The van der Waals surface area contributed by atoms with Crippen molar-refractivity contribution in [3.63, 3.8) is 0 Å². The summed E-state index contributed by atoms with van der Waals surface area (Å²) in [6, 6.07) is 11.1. The van der Waals surface area contributed by atoms with Gasteiger partial charge in [0.25, 0.3) is 0 Å². The van der Waals surface area contributed by atoms with E-state index < -0.39 is 11.5 Å². The maximum atomic E-state index is 14.0. The quantitative estimate of drug-likeness (QED) is 0.838. The summed E-state index contributed by atoms with van der Waals surface area (Å²) in [7, 11) is 0. The summed E-state index contributed by atoms with van der Waals surface area (Å²) < 4.78 is 14.0. The predicted octanol–water partition coefficient (Wildman–Crippen LogP) is 4.01. The van der Waals surface area contributed by atoms with E-state index in [1.54, 1.807) is 30.3 Å². The molecule has 3 rings (SSSR count). The average molecular weight is 368 g/mol. The molecule has 1 saturated carbocycles. The van der Waals surface area contributed by atoms with Crippen LogP contribution in [0.15, 0.2) is 42.5 Å². The number of hydrogen-bond donors (Lipinski definition) is 2. The number of amides is 1. The molecule has 0 spiro atoms. The molecule has 3 nitrogen and oxygen atoms in total. The van der Waals surface area contributed by atoms with Crippen LogP contribution in [0, 0.1) is 5.82 Å². The van der Waals surface area contributed by atoms with Gasteiger partial charge in [0.1, 0.15) is 5.82 Å². The van der Waals surface area contributed by atoms with Crippen LogP contribution in [-0.4, -0.2) is 17.6 Å². The van der Waals surface area contributed by atoms with E-state index in [1.165, 1.54) is 12.1 Å². The van der Waals surface area contributed by atoms with Gasteiger partial charge >= 0.3 is 0 Å². The van der Waals surface area contributed by atoms with Gasteiger partial charge in [0.15, 0.2) is 0 Å². The van der Waals surface area contributed by atoms with Crippen molar-refractivity contribution in [2.45, 2.75) is 24.4 Å². The van der Waals surface area contributed by atoms with Gasteiger partial charge in [0.2, 0.25) is 5.91 Å². The lowest BCUT2D eigenvalue weighted by molar-refractivity contribution is -0.124. The predicted molar refractivity (Wildman–Crippen MR) is 91.7 cm³/mol. The molecule has 1 amide bonds. The van der Waals surface area contributed by atoms with E-state index in [4.69, 9.17) is 23.2 Å². The van der Waals surface area contributed by atoms with Gasteiger partial charge in [-0.05, 0) is 31.0 Å². The number of carbonyl (C=O) groups excluding carboxylic acids is 1. The van der Waals surface area contributed by atoms with Crippen molar-refractivity contribution in [3.8, 4) is 0 Å². The van der Waals surface area contributed by atoms with Gasteiger partial charge < -0.3 is 10.4 Å². The SMILES string of the molecule is O=C(NCC(O)c1ccc(Cl)cc1Cl)C1(c2ccccc2F)CC1. The Hall–Kier alpha value is -1.62. The summed E-state index contributed by atoms with van der Waals surface area (Å²) in [5.41, 5.74) is 0.0631. The smallest absolute Gasteiger partial charge is 0.230 e. The molecule has 0 saturated heterocycles. The van der Waals surface area contributed by atoms with Crippen molar-refractivity contribution in [1.82, 2.24) is 5.32 Å². The highest BCUT2D eigenvalue weighted by atomic mass is 35.5. The van der Waals surface area contributed by atoms with Crippen LogP contribution in [0.5, 0.6) is 0 Å². The van der Waals surface area contributed by atoms with Gasteiger partial charge in [-0.2, -0.15) is 0 Å². The maximum Gasteiger partial charge on any atom is 0.230 e. The number of halogens is 3. The fourth-order valence-electron chi connectivity index (χ4n) is 2.83. The van der Waals surface area contributed by atoms with Gasteiger partial charge in [0, 0.05) is 27.7 Å². The van der Waals surface area contributed by atoms with Crippen molar-refractivity contribution in [2.24, 2.45) is 0 Å². The highest BCUT2D eigenvalue weighted by molar-refractivity contribution is 6.35. The van der Waals surface area contributed by atoms with Crippen LogP contribution in [-0.2, 0) is 10.2 Å². The largest absolute Gasteiger partial charge is 0.387 e. The number of rotatable bonds is 5. The Balaban J connectivity index is 1.68. The molecule has 24 heavy (non-hydrogen) atoms. The molecule has 6 heteroatoms. The van der Waals surface area contributed by atoms with Crippen LogP contribution >= 0.6 is 23.2 Å². The fraction of sp³-hybridized carbons (Fsp3) is 0.278. The fourth-order valence-corrected chi connectivity index (χ4v) is 3.37. The minimum absolute atomic E-state index is 0.00358. The van der Waals surface area contributed by atoms with Gasteiger partial charge in [-0.15, -0.1) is 0 Å². The highest BCUT2D eigenvalue weighted by Crippen LogP contribution is 2.49. The van der Waals surface area contributed by atoms with Crippen molar-refractivity contribution in [2.75, 3.05) is 6.54 Å². The Morgan fingerprint density at radius 1 is 1.25 bits per heavy atom. The Labute approximate surface area is 149 Å². The Morgan fingerprint density at radius 2 is 1.96 bits per heavy atom. The number of nitrogens with one attached hydrogen (secondary N) is 1. The van der Waals surface area contributed by atoms with Crippen molar-refractivity contribution in [1.29, 1.82) is 0 Å². The van der Waals surface area contributed by atoms with Gasteiger partial charge in [0.05, 0.1) is 11.5 Å². The lowest BCUT2D eigenvalue weighted by atomic mass is 9.94. The van der Waals surface area contributed by atoms with Crippen molar-refractivity contribution < 1.29 is 14.3 Å². The lowest BCUT2D eigenvalue weighted by Crippen LogP contribution is -2.37. The van der Waals surface area contributed by atoms with E-state index >= 15 is 0 Å². The number of hydrogen-bond acceptors (Lipinski definition) is 2. The first kappa shape index (κ1) is 17.2. The van der Waals surface area contributed by atoms with Gasteiger partial charge in [-0.1, -0.05) is 47.5 Å². The van der Waals surface area contributed by atoms with E-state index in [2.05, 4.69) is 5.32 Å². The third-order valence-corrected chi connectivity index (χ3v) is 4.91. The molecule has 0 bridgehead atoms. The first-order valence-electron chi connectivity index (χ1n) is 7.60. The highest BCUT2D eigenvalue weighted by Gasteiger charge is 2.52. The Kier molecular flexibility index (Phi) is 4.81. The molecule has 0 heterocycles. The van der Waals surface area contributed by atoms with Crippen molar-refractivity contribution >= 4 is 29.1 Å². The van der Waals surface area contributed by atoms with Crippen LogP contribution in [0.3, 0.4) is 0 Å². The molecule has 0 radical (unpaired) electrons. The molecule has 1 atom stereocenters. The van der Waals surface area contributed by atoms with Crippen LogP contribution in [0.2, 0.25) is 10.0 Å². The summed E-state index contributed by atoms with van der Waals surface area (Å²) >= 11 is 11.9. The van der Waals surface area contributed by atoms with Crippen molar-refractivity contribution in [3.05, 3.63) is 69.5 Å². The van der Waals surface area contributed by atoms with Gasteiger partial charge in [-0.25, -0.2) is 4.39 Å². The van der Waals surface area contributed by atoms with Crippen LogP contribution in [0.4, 0.5) is 4.39 Å². The van der Waals surface area contributed by atoms with Gasteiger partial charge in [-0.3, -0.25) is 4.79 Å². The molecular formula is C18H16Cl2FNO2. The zero-order valence-electron chi connectivity index (χ0n) is 12.7. The molecule has 126 valence electrons. The molecule has 2 N–H and O–H groups in total. The summed E-state index contributed by atoms with van der Waals surface area (Å²) in [6.45, 7) is -0.00358. The molecular weight excluding hydrogens is 352 g/mol. The molecule has 1 aliphatic rings. The Morgan fingerprint density at radius 3 is 2.58 bits per heavy atom. The number of aliphatic hydroxyl groups is 1. The summed E-state index contributed by atoms with van der Waals surface area (Å²) in [4.78, 5) is 12.5. The Bertz CT molecular complexity index is 777. The van der Waals surface area contributed by atoms with E-state index in [0.29, 0.717) is 34.0 Å². The molecule has 2 aromatic rings. The standard InChI is InChI=1S/C18H16Cl2FNO2/c19-11-5-6-12(14(20)9-11)16(23)10-22-17(24)18(7-8-18)13-3-1-2-4-15(13)21/h1-6,9,16,23H,7-8,10H2,(H,22,24). The first-order chi connectivity index (χ1) is 11.4. The minimum atomic E-state index is -0.963. The second-order valence-electron chi connectivity index (χ2n) is 5.95. The average Bonchev–Trinajstić information content (AvgIpc) is 3.34. The summed E-state index contributed by atoms with van der Waals surface area (Å²) in [6.07, 6.45) is 0.227. The maximum absolute atomic E-state index is 14.0. The topological polar surface area (TPSA) is 49.3 Å². The number of benzene rings is 2. The number of carbonyl (C=O) groups is 1. The zero-order chi connectivity index (χ0) is 17.3. The molecule has 0 aromatic heterocycles. The van der Waals surface area contributed by atoms with Crippen LogP contribution in [0.25, 0.3) is 0 Å². The third kappa shape index (κ3) is 3.27. The monoisotopic (exact) mass is 367 g/mol. The molecule has 1 fully saturated rings. The second kappa shape index (κ2) is 6.71. The molecule has 1 aliphatic carbocycles. The normalized spacial score (nSPS) is 16.5.